The van der Waals surface area contributed by atoms with Gasteiger partial charge in [0, 0.05) is 18.1 Å². The van der Waals surface area contributed by atoms with Crippen LogP contribution in [0.5, 0.6) is 0 Å². The van der Waals surface area contributed by atoms with Crippen LogP contribution in [0.25, 0.3) is 0 Å². The van der Waals surface area contributed by atoms with Gasteiger partial charge in [0.1, 0.15) is 0 Å². The van der Waals surface area contributed by atoms with Gasteiger partial charge < -0.3 is 4.90 Å². The third kappa shape index (κ3) is 2.42. The zero-order chi connectivity index (χ0) is 11.5. The van der Waals surface area contributed by atoms with E-state index in [4.69, 9.17) is 0 Å². The van der Waals surface area contributed by atoms with Gasteiger partial charge in [-0.05, 0) is 37.1 Å². The van der Waals surface area contributed by atoms with Gasteiger partial charge in [-0.3, -0.25) is 0 Å². The van der Waals surface area contributed by atoms with E-state index in [1.54, 1.807) is 11.3 Å². The summed E-state index contributed by atoms with van der Waals surface area (Å²) in [6.07, 6.45) is 0. The smallest absolute Gasteiger partial charge is 0.0795 e. The minimum Gasteiger partial charge on any atom is -0.369 e. The number of nitrogens with zero attached hydrogens (tertiary/aromatic N) is 2. The lowest BCUT2D eigenvalue weighted by Crippen LogP contribution is -2.16. The molecule has 0 amide bonds. The molecule has 2 nitrogen and oxygen atoms in total. The highest BCUT2D eigenvalue weighted by Gasteiger charge is 2.04. The molecule has 0 radical (unpaired) electrons. The minimum atomic E-state index is 0.867. The molecule has 84 valence electrons. The lowest BCUT2D eigenvalue weighted by atomic mass is 10.1. The zero-order valence-electron chi connectivity index (χ0n) is 9.90. The van der Waals surface area contributed by atoms with E-state index in [2.05, 4.69) is 54.4 Å². The van der Waals surface area contributed by atoms with Gasteiger partial charge in [0.25, 0.3) is 0 Å². The molecule has 0 aliphatic heterocycles. The number of rotatable bonds is 3. The van der Waals surface area contributed by atoms with Crippen LogP contribution in [0, 0.1) is 13.8 Å². The molecule has 2 aromatic rings. The van der Waals surface area contributed by atoms with Gasteiger partial charge in [0.15, 0.2) is 0 Å². The Morgan fingerprint density at radius 3 is 2.69 bits per heavy atom. The van der Waals surface area contributed by atoms with Crippen molar-refractivity contribution in [2.24, 2.45) is 0 Å². The lowest BCUT2D eigenvalue weighted by Gasteiger charge is -2.19. The first-order valence-electron chi connectivity index (χ1n) is 5.32. The maximum absolute atomic E-state index is 4.30. The van der Waals surface area contributed by atoms with Crippen LogP contribution < -0.4 is 4.90 Å². The maximum atomic E-state index is 4.30. The second-order valence-corrected chi connectivity index (χ2v) is 4.82. The molecule has 1 aromatic heterocycles. The number of hydrogen-bond donors (Lipinski definition) is 0. The molecule has 0 N–H and O–H groups in total. The van der Waals surface area contributed by atoms with Crippen molar-refractivity contribution in [2.75, 3.05) is 11.9 Å². The molecule has 0 aliphatic carbocycles. The van der Waals surface area contributed by atoms with Gasteiger partial charge in [0.2, 0.25) is 0 Å². The van der Waals surface area contributed by atoms with Gasteiger partial charge in [0.05, 0.1) is 17.7 Å². The third-order valence-electron chi connectivity index (χ3n) is 2.81. The molecule has 2 rings (SSSR count). The van der Waals surface area contributed by atoms with E-state index in [-0.39, 0.29) is 0 Å². The topological polar surface area (TPSA) is 16.1 Å². The Balaban J connectivity index is 2.14. The van der Waals surface area contributed by atoms with Crippen molar-refractivity contribution in [1.82, 2.24) is 4.98 Å². The molecule has 0 bridgehead atoms. The fourth-order valence-corrected chi connectivity index (χ4v) is 2.16. The summed E-state index contributed by atoms with van der Waals surface area (Å²) in [5.41, 5.74) is 6.93. The quantitative estimate of drug-likeness (QED) is 0.806. The average molecular weight is 232 g/mol. The first-order chi connectivity index (χ1) is 7.66. The standard InChI is InChI=1S/C13H16N2S/c1-10-4-5-13(6-11(10)2)15(3)7-12-8-16-9-14-12/h4-6,8-9H,7H2,1-3H3. The molecule has 0 atom stereocenters. The second-order valence-electron chi connectivity index (χ2n) is 4.10. The van der Waals surface area contributed by atoms with Crippen LogP contribution in [-0.2, 0) is 6.54 Å². The molecule has 0 aliphatic rings. The number of aromatic nitrogens is 1. The van der Waals surface area contributed by atoms with Gasteiger partial charge in [-0.1, -0.05) is 6.07 Å². The van der Waals surface area contributed by atoms with Crippen LogP contribution in [0.1, 0.15) is 16.8 Å². The predicted molar refractivity (Wildman–Crippen MR) is 70.1 cm³/mol. The van der Waals surface area contributed by atoms with Gasteiger partial charge in [-0.2, -0.15) is 0 Å². The van der Waals surface area contributed by atoms with Crippen molar-refractivity contribution in [3.05, 3.63) is 45.9 Å². The van der Waals surface area contributed by atoms with Crippen molar-refractivity contribution in [1.29, 1.82) is 0 Å². The van der Waals surface area contributed by atoms with Crippen LogP contribution in [0.2, 0.25) is 0 Å². The van der Waals surface area contributed by atoms with Crippen LogP contribution >= 0.6 is 11.3 Å². The Bertz CT molecular complexity index is 463. The van der Waals surface area contributed by atoms with E-state index >= 15 is 0 Å². The average Bonchev–Trinajstić information content (AvgIpc) is 2.74. The summed E-state index contributed by atoms with van der Waals surface area (Å²) in [7, 11) is 2.10. The van der Waals surface area contributed by atoms with Crippen LogP contribution in [0.3, 0.4) is 0 Å². The van der Waals surface area contributed by atoms with Gasteiger partial charge in [-0.25, -0.2) is 4.98 Å². The van der Waals surface area contributed by atoms with Crippen LogP contribution in [-0.4, -0.2) is 12.0 Å². The lowest BCUT2D eigenvalue weighted by molar-refractivity contribution is 0.893. The third-order valence-corrected chi connectivity index (χ3v) is 3.45. The summed E-state index contributed by atoms with van der Waals surface area (Å²) in [5, 5.41) is 2.09. The van der Waals surface area contributed by atoms with E-state index in [1.807, 2.05) is 5.51 Å². The van der Waals surface area contributed by atoms with E-state index < -0.39 is 0 Å². The summed E-state index contributed by atoms with van der Waals surface area (Å²) in [5.74, 6) is 0. The number of anilines is 1. The molecular formula is C13H16N2S. The number of thiazole rings is 1. The molecule has 16 heavy (non-hydrogen) atoms. The summed E-state index contributed by atoms with van der Waals surface area (Å²) in [6.45, 7) is 5.15. The summed E-state index contributed by atoms with van der Waals surface area (Å²) in [6, 6.07) is 6.55. The van der Waals surface area contributed by atoms with Crippen molar-refractivity contribution >= 4 is 17.0 Å². The first-order valence-corrected chi connectivity index (χ1v) is 6.26. The fraction of sp³-hybridized carbons (Fsp3) is 0.308. The molecule has 1 aromatic carbocycles. The van der Waals surface area contributed by atoms with Gasteiger partial charge >= 0.3 is 0 Å². The Labute approximate surface area is 101 Å². The van der Waals surface area contributed by atoms with Crippen molar-refractivity contribution in [3.63, 3.8) is 0 Å². The van der Waals surface area contributed by atoms with Crippen LogP contribution in [0.4, 0.5) is 5.69 Å². The van der Waals surface area contributed by atoms with Crippen molar-refractivity contribution in [2.45, 2.75) is 20.4 Å². The highest BCUT2D eigenvalue weighted by atomic mass is 32.1. The molecule has 0 unspecified atom stereocenters. The maximum Gasteiger partial charge on any atom is 0.0795 e. The largest absolute Gasteiger partial charge is 0.369 e. The molecule has 0 fully saturated rings. The number of benzene rings is 1. The summed E-state index contributed by atoms with van der Waals surface area (Å²) >= 11 is 1.64. The molecule has 1 heterocycles. The number of aryl methyl sites for hydroxylation is 2. The van der Waals surface area contributed by atoms with Crippen molar-refractivity contribution in [3.8, 4) is 0 Å². The SMILES string of the molecule is Cc1ccc(N(C)Cc2cscn2)cc1C. The fourth-order valence-electron chi connectivity index (χ4n) is 1.61. The second kappa shape index (κ2) is 4.66. The van der Waals surface area contributed by atoms with Gasteiger partial charge in [-0.15, -0.1) is 11.3 Å². The molecule has 0 saturated carbocycles. The number of hydrogen-bond acceptors (Lipinski definition) is 3. The zero-order valence-corrected chi connectivity index (χ0v) is 10.7. The Morgan fingerprint density at radius 2 is 2.06 bits per heavy atom. The molecule has 0 spiro atoms. The predicted octanol–water partition coefficient (Wildman–Crippen LogP) is 3.40. The normalized spacial score (nSPS) is 10.4. The van der Waals surface area contributed by atoms with E-state index in [0.29, 0.717) is 0 Å². The Morgan fingerprint density at radius 1 is 1.25 bits per heavy atom. The summed E-state index contributed by atoms with van der Waals surface area (Å²) in [4.78, 5) is 6.52. The first kappa shape index (κ1) is 11.1. The van der Waals surface area contributed by atoms with E-state index in [1.165, 1.54) is 16.8 Å². The summed E-state index contributed by atoms with van der Waals surface area (Å²) < 4.78 is 0. The van der Waals surface area contributed by atoms with Crippen LogP contribution in [0.15, 0.2) is 29.1 Å². The molecule has 0 saturated heterocycles. The Kier molecular flexibility index (Phi) is 3.25. The monoisotopic (exact) mass is 232 g/mol. The van der Waals surface area contributed by atoms with E-state index in [0.717, 1.165) is 12.2 Å². The van der Waals surface area contributed by atoms with Crippen molar-refractivity contribution < 1.29 is 0 Å². The highest BCUT2D eigenvalue weighted by molar-refractivity contribution is 7.07. The molecular weight excluding hydrogens is 216 g/mol. The molecule has 3 heteroatoms. The highest BCUT2D eigenvalue weighted by Crippen LogP contribution is 2.19. The van der Waals surface area contributed by atoms with E-state index in [9.17, 15) is 0 Å². The Hall–Kier alpha value is -1.35. The minimum absolute atomic E-state index is 0.867.